The van der Waals surface area contributed by atoms with Crippen LogP contribution in [-0.4, -0.2) is 22.7 Å². The molecule has 1 aromatic carbocycles. The Morgan fingerprint density at radius 3 is 1.48 bits per heavy atom. The van der Waals surface area contributed by atoms with Gasteiger partial charge in [-0.05, 0) is 18.6 Å². The molecule has 0 atom stereocenters. The molecule has 1 rings (SSSR count). The highest BCUT2D eigenvalue weighted by molar-refractivity contribution is 5.99. The first-order valence-corrected chi connectivity index (χ1v) is 12.0. The average Bonchev–Trinajstić information content (AvgIpc) is 2.70. The zero-order valence-corrected chi connectivity index (χ0v) is 18.6. The summed E-state index contributed by atoms with van der Waals surface area (Å²) in [5.41, 5.74) is -0.0380. The van der Waals surface area contributed by atoms with Crippen molar-refractivity contribution in [3.8, 4) is 11.5 Å². The van der Waals surface area contributed by atoms with Gasteiger partial charge in [-0.2, -0.15) is 0 Å². The summed E-state index contributed by atoms with van der Waals surface area (Å²) in [4.78, 5) is 12.0. The highest BCUT2D eigenvalue weighted by Gasteiger charge is 2.14. The predicted molar refractivity (Wildman–Crippen MR) is 122 cm³/mol. The van der Waals surface area contributed by atoms with Crippen molar-refractivity contribution in [3.05, 3.63) is 23.8 Å². The van der Waals surface area contributed by atoms with Crippen molar-refractivity contribution in [2.45, 2.75) is 110 Å². The molecule has 0 heterocycles. The summed E-state index contributed by atoms with van der Waals surface area (Å²) in [7, 11) is 0. The van der Waals surface area contributed by atoms with Gasteiger partial charge in [0, 0.05) is 6.54 Å². The topological polar surface area (TPSA) is 69.6 Å². The van der Waals surface area contributed by atoms with E-state index in [0.717, 1.165) is 12.8 Å². The lowest BCUT2D eigenvalue weighted by Gasteiger charge is -2.08. The van der Waals surface area contributed by atoms with Gasteiger partial charge in [0.2, 0.25) is 0 Å². The Kier molecular flexibility index (Phi) is 15.0. The number of nitrogens with one attached hydrogen (secondary N) is 1. The molecular weight excluding hydrogens is 362 g/mol. The second kappa shape index (κ2) is 17.2. The second-order valence-electron chi connectivity index (χ2n) is 8.23. The van der Waals surface area contributed by atoms with Gasteiger partial charge in [0.25, 0.3) is 5.91 Å². The van der Waals surface area contributed by atoms with E-state index in [9.17, 15) is 15.0 Å². The van der Waals surface area contributed by atoms with Crippen LogP contribution in [0.1, 0.15) is 120 Å². The van der Waals surface area contributed by atoms with Gasteiger partial charge in [0.15, 0.2) is 0 Å². The lowest BCUT2D eigenvalue weighted by atomic mass is 10.0. The Morgan fingerprint density at radius 2 is 1.07 bits per heavy atom. The highest BCUT2D eigenvalue weighted by Crippen LogP contribution is 2.25. The highest BCUT2D eigenvalue weighted by atomic mass is 16.3. The van der Waals surface area contributed by atoms with Crippen LogP contribution in [0.3, 0.4) is 0 Å². The lowest BCUT2D eigenvalue weighted by molar-refractivity contribution is 0.0947. The number of hydrogen-bond acceptors (Lipinski definition) is 3. The molecule has 3 N–H and O–H groups in total. The number of rotatable bonds is 18. The molecule has 29 heavy (non-hydrogen) atoms. The number of phenolic OH excluding ortho intramolecular Hbond substituents is 2. The van der Waals surface area contributed by atoms with Crippen molar-refractivity contribution in [2.75, 3.05) is 6.54 Å². The molecule has 4 heteroatoms. The molecule has 0 bridgehead atoms. The number of carbonyl (C=O) groups is 1. The molecular formula is C25H43NO3. The van der Waals surface area contributed by atoms with E-state index in [1.165, 1.54) is 108 Å². The van der Waals surface area contributed by atoms with Crippen LogP contribution in [0.5, 0.6) is 11.5 Å². The minimum Gasteiger partial charge on any atom is -0.507 e. The SMILES string of the molecule is CCCCCCCCCCCCCCCCCCNC(=O)c1c(O)cccc1O. The number of benzene rings is 1. The average molecular weight is 406 g/mol. The summed E-state index contributed by atoms with van der Waals surface area (Å²) < 4.78 is 0. The van der Waals surface area contributed by atoms with Crippen LogP contribution in [0.4, 0.5) is 0 Å². The zero-order chi connectivity index (χ0) is 21.2. The molecule has 0 radical (unpaired) electrons. The Labute approximate surface area is 178 Å². The van der Waals surface area contributed by atoms with Gasteiger partial charge in [0.1, 0.15) is 17.1 Å². The summed E-state index contributed by atoms with van der Waals surface area (Å²) in [5.74, 6) is -0.787. The Balaban J connectivity index is 1.85. The molecule has 4 nitrogen and oxygen atoms in total. The first-order chi connectivity index (χ1) is 14.2. The van der Waals surface area contributed by atoms with Crippen molar-refractivity contribution in [1.29, 1.82) is 0 Å². The molecule has 0 unspecified atom stereocenters. The van der Waals surface area contributed by atoms with Crippen LogP contribution in [0.2, 0.25) is 0 Å². The minimum atomic E-state index is -0.415. The van der Waals surface area contributed by atoms with Crippen molar-refractivity contribution >= 4 is 5.91 Å². The van der Waals surface area contributed by atoms with Gasteiger partial charge < -0.3 is 15.5 Å². The molecule has 0 aromatic heterocycles. The maximum atomic E-state index is 12.0. The fourth-order valence-corrected chi connectivity index (χ4v) is 3.72. The number of phenols is 2. The quantitative estimate of drug-likeness (QED) is 0.228. The third-order valence-corrected chi connectivity index (χ3v) is 5.56. The van der Waals surface area contributed by atoms with E-state index in [1.54, 1.807) is 0 Å². The van der Waals surface area contributed by atoms with Crippen molar-refractivity contribution in [1.82, 2.24) is 5.32 Å². The van der Waals surface area contributed by atoms with Crippen LogP contribution in [0, 0.1) is 0 Å². The molecule has 1 amide bonds. The minimum absolute atomic E-state index is 0.0380. The monoisotopic (exact) mass is 405 g/mol. The largest absolute Gasteiger partial charge is 0.507 e. The third kappa shape index (κ3) is 12.5. The van der Waals surface area contributed by atoms with Gasteiger partial charge in [0.05, 0.1) is 0 Å². The van der Waals surface area contributed by atoms with E-state index in [2.05, 4.69) is 12.2 Å². The number of amides is 1. The van der Waals surface area contributed by atoms with Crippen LogP contribution in [-0.2, 0) is 0 Å². The molecule has 166 valence electrons. The van der Waals surface area contributed by atoms with E-state index in [1.807, 2.05) is 0 Å². The smallest absolute Gasteiger partial charge is 0.258 e. The molecule has 1 aromatic rings. The van der Waals surface area contributed by atoms with Gasteiger partial charge in [-0.15, -0.1) is 0 Å². The summed E-state index contributed by atoms with van der Waals surface area (Å²) in [6.07, 6.45) is 21.2. The molecule has 0 saturated carbocycles. The normalized spacial score (nSPS) is 10.9. The molecule has 0 aliphatic rings. The van der Waals surface area contributed by atoms with E-state index in [0.29, 0.717) is 6.54 Å². The number of aromatic hydroxyl groups is 2. The molecule has 0 spiro atoms. The Morgan fingerprint density at radius 1 is 0.690 bits per heavy atom. The van der Waals surface area contributed by atoms with Gasteiger partial charge in [-0.3, -0.25) is 4.79 Å². The van der Waals surface area contributed by atoms with E-state index >= 15 is 0 Å². The van der Waals surface area contributed by atoms with Crippen LogP contribution in [0.15, 0.2) is 18.2 Å². The summed E-state index contributed by atoms with van der Waals surface area (Å²) in [6.45, 7) is 2.85. The summed E-state index contributed by atoms with van der Waals surface area (Å²) in [5, 5.41) is 22.1. The number of carbonyl (C=O) groups excluding carboxylic acids is 1. The first kappa shape index (κ1) is 25.3. The number of unbranched alkanes of at least 4 members (excludes halogenated alkanes) is 15. The van der Waals surface area contributed by atoms with Gasteiger partial charge in [-0.1, -0.05) is 109 Å². The third-order valence-electron chi connectivity index (χ3n) is 5.56. The van der Waals surface area contributed by atoms with E-state index < -0.39 is 5.91 Å². The van der Waals surface area contributed by atoms with E-state index in [4.69, 9.17) is 0 Å². The summed E-state index contributed by atoms with van der Waals surface area (Å²) >= 11 is 0. The molecule has 0 saturated heterocycles. The standard InChI is InChI=1S/C25H43NO3/c1-2-3-4-5-6-7-8-9-10-11-12-13-14-15-16-17-21-26-25(29)24-22(27)19-18-20-23(24)28/h18-20,27-28H,2-17,21H2,1H3,(H,26,29). The maximum absolute atomic E-state index is 12.0. The van der Waals surface area contributed by atoms with E-state index in [-0.39, 0.29) is 17.1 Å². The van der Waals surface area contributed by atoms with Crippen molar-refractivity contribution < 1.29 is 15.0 Å². The van der Waals surface area contributed by atoms with Crippen molar-refractivity contribution in [2.24, 2.45) is 0 Å². The molecule has 0 aliphatic carbocycles. The van der Waals surface area contributed by atoms with Gasteiger partial charge >= 0.3 is 0 Å². The predicted octanol–water partition coefficient (Wildman–Crippen LogP) is 7.09. The first-order valence-electron chi connectivity index (χ1n) is 12.0. The Bertz CT molecular complexity index is 525. The second-order valence-corrected chi connectivity index (χ2v) is 8.23. The summed E-state index contributed by atoms with van der Waals surface area (Å²) in [6, 6.07) is 4.32. The molecule has 0 aliphatic heterocycles. The van der Waals surface area contributed by atoms with Crippen LogP contribution in [0.25, 0.3) is 0 Å². The Hall–Kier alpha value is -1.71. The fraction of sp³-hybridized carbons (Fsp3) is 0.720. The maximum Gasteiger partial charge on any atom is 0.258 e. The number of hydrogen-bond donors (Lipinski definition) is 3. The van der Waals surface area contributed by atoms with Crippen molar-refractivity contribution in [3.63, 3.8) is 0 Å². The lowest BCUT2D eigenvalue weighted by Crippen LogP contribution is -2.24. The van der Waals surface area contributed by atoms with Crippen LogP contribution < -0.4 is 5.32 Å². The molecule has 0 fully saturated rings. The fourth-order valence-electron chi connectivity index (χ4n) is 3.72. The van der Waals surface area contributed by atoms with Crippen LogP contribution >= 0.6 is 0 Å². The van der Waals surface area contributed by atoms with Gasteiger partial charge in [-0.25, -0.2) is 0 Å². The zero-order valence-electron chi connectivity index (χ0n) is 18.6.